The van der Waals surface area contributed by atoms with E-state index in [4.69, 9.17) is 4.84 Å². The van der Waals surface area contributed by atoms with Crippen molar-refractivity contribution in [3.8, 4) is 0 Å². The Labute approximate surface area is 117 Å². The SMILES string of the molecule is CC1C=CC(S(C)(=O)=O)=C(C2=NOCC2)C1(C)C(=O)O. The highest BCUT2D eigenvalue weighted by Gasteiger charge is 2.48. The third-order valence-corrected chi connectivity index (χ3v) is 5.09. The van der Waals surface area contributed by atoms with Crippen LogP contribution >= 0.6 is 0 Å². The molecule has 110 valence electrons. The zero-order chi connectivity index (χ0) is 15.1. The number of carbonyl (C=O) groups is 1. The number of rotatable bonds is 3. The lowest BCUT2D eigenvalue weighted by Gasteiger charge is -2.36. The Kier molecular flexibility index (Phi) is 3.49. The molecule has 0 aromatic carbocycles. The van der Waals surface area contributed by atoms with E-state index in [2.05, 4.69) is 5.16 Å². The number of carboxylic acids is 1. The van der Waals surface area contributed by atoms with Crippen LogP contribution in [0.25, 0.3) is 0 Å². The molecule has 0 bridgehead atoms. The van der Waals surface area contributed by atoms with Gasteiger partial charge in [-0.05, 0) is 18.9 Å². The van der Waals surface area contributed by atoms with Crippen LogP contribution in [0.5, 0.6) is 0 Å². The topological polar surface area (TPSA) is 93.0 Å². The van der Waals surface area contributed by atoms with Gasteiger partial charge in [-0.3, -0.25) is 4.79 Å². The van der Waals surface area contributed by atoms with Gasteiger partial charge in [-0.15, -0.1) is 0 Å². The van der Waals surface area contributed by atoms with E-state index >= 15 is 0 Å². The van der Waals surface area contributed by atoms with Crippen molar-refractivity contribution in [2.24, 2.45) is 16.5 Å². The maximum absolute atomic E-state index is 12.0. The third kappa shape index (κ3) is 2.15. The Bertz CT molecular complexity index is 644. The van der Waals surface area contributed by atoms with Gasteiger partial charge in [0.25, 0.3) is 0 Å². The molecule has 0 aromatic heterocycles. The van der Waals surface area contributed by atoms with Crippen molar-refractivity contribution in [1.82, 2.24) is 0 Å². The van der Waals surface area contributed by atoms with E-state index in [1.54, 1.807) is 13.0 Å². The second-order valence-electron chi connectivity index (χ2n) is 5.29. The van der Waals surface area contributed by atoms with E-state index in [0.29, 0.717) is 18.7 Å². The molecule has 1 heterocycles. The first-order valence-corrected chi connectivity index (χ1v) is 8.13. The first-order chi connectivity index (χ1) is 9.19. The summed E-state index contributed by atoms with van der Waals surface area (Å²) in [6, 6.07) is 0. The average Bonchev–Trinajstić information content (AvgIpc) is 2.83. The Morgan fingerprint density at radius 1 is 1.55 bits per heavy atom. The summed E-state index contributed by atoms with van der Waals surface area (Å²) in [5.41, 5.74) is -0.675. The predicted molar refractivity (Wildman–Crippen MR) is 73.9 cm³/mol. The van der Waals surface area contributed by atoms with Gasteiger partial charge in [-0.1, -0.05) is 18.2 Å². The van der Waals surface area contributed by atoms with Gasteiger partial charge < -0.3 is 9.94 Å². The van der Waals surface area contributed by atoms with Gasteiger partial charge in [0.2, 0.25) is 0 Å². The fraction of sp³-hybridized carbons (Fsp3) is 0.538. The first kappa shape index (κ1) is 14.8. The number of sulfone groups is 1. The molecule has 0 aromatic rings. The highest BCUT2D eigenvalue weighted by Crippen LogP contribution is 2.44. The number of allylic oxidation sites excluding steroid dienone is 2. The molecule has 0 saturated heterocycles. The zero-order valence-electron chi connectivity index (χ0n) is 11.6. The van der Waals surface area contributed by atoms with E-state index in [1.165, 1.54) is 13.0 Å². The molecule has 2 atom stereocenters. The van der Waals surface area contributed by atoms with Crippen molar-refractivity contribution in [3.05, 3.63) is 22.6 Å². The predicted octanol–water partition coefficient (Wildman–Crippen LogP) is 1.36. The molecule has 0 radical (unpaired) electrons. The van der Waals surface area contributed by atoms with Crippen molar-refractivity contribution >= 4 is 21.5 Å². The number of oxime groups is 1. The van der Waals surface area contributed by atoms with Crippen molar-refractivity contribution < 1.29 is 23.2 Å². The van der Waals surface area contributed by atoms with Crippen LogP contribution in [0.15, 0.2) is 27.8 Å². The molecule has 6 nitrogen and oxygen atoms in total. The molecule has 0 saturated carbocycles. The number of nitrogens with zero attached hydrogens (tertiary/aromatic N) is 1. The van der Waals surface area contributed by atoms with Crippen LogP contribution in [0.1, 0.15) is 20.3 Å². The van der Waals surface area contributed by atoms with E-state index in [-0.39, 0.29) is 16.4 Å². The molecule has 1 N–H and O–H groups in total. The number of hydrogen-bond acceptors (Lipinski definition) is 5. The highest BCUT2D eigenvalue weighted by atomic mass is 32.2. The summed E-state index contributed by atoms with van der Waals surface area (Å²) >= 11 is 0. The summed E-state index contributed by atoms with van der Waals surface area (Å²) in [7, 11) is -3.55. The Hall–Kier alpha value is -1.63. The van der Waals surface area contributed by atoms with Crippen LogP contribution < -0.4 is 0 Å². The maximum atomic E-state index is 12.0. The summed E-state index contributed by atoms with van der Waals surface area (Å²) in [5, 5.41) is 13.5. The molecule has 20 heavy (non-hydrogen) atoms. The van der Waals surface area contributed by atoms with Crippen LogP contribution in [0.2, 0.25) is 0 Å². The fourth-order valence-corrected chi connectivity index (χ4v) is 3.55. The lowest BCUT2D eigenvalue weighted by Crippen LogP contribution is -2.41. The molecular formula is C13H17NO5S. The molecule has 2 unspecified atom stereocenters. The van der Waals surface area contributed by atoms with E-state index in [0.717, 1.165) is 6.26 Å². The quantitative estimate of drug-likeness (QED) is 0.849. The largest absolute Gasteiger partial charge is 0.481 e. The van der Waals surface area contributed by atoms with E-state index < -0.39 is 21.2 Å². The van der Waals surface area contributed by atoms with Crippen LogP contribution in [0.3, 0.4) is 0 Å². The Balaban J connectivity index is 2.78. The maximum Gasteiger partial charge on any atom is 0.314 e. The summed E-state index contributed by atoms with van der Waals surface area (Å²) in [6.07, 6.45) is 4.57. The van der Waals surface area contributed by atoms with Crippen molar-refractivity contribution in [1.29, 1.82) is 0 Å². The van der Waals surface area contributed by atoms with Gasteiger partial charge in [0.15, 0.2) is 9.84 Å². The Morgan fingerprint density at radius 2 is 2.20 bits per heavy atom. The molecule has 1 aliphatic heterocycles. The fourth-order valence-electron chi connectivity index (χ4n) is 2.53. The van der Waals surface area contributed by atoms with Crippen LogP contribution in [0, 0.1) is 11.3 Å². The molecule has 7 heteroatoms. The van der Waals surface area contributed by atoms with Gasteiger partial charge in [-0.2, -0.15) is 0 Å². The smallest absolute Gasteiger partial charge is 0.314 e. The molecule has 2 rings (SSSR count). The summed E-state index contributed by atoms with van der Waals surface area (Å²) < 4.78 is 23.9. The minimum Gasteiger partial charge on any atom is -0.481 e. The average molecular weight is 299 g/mol. The summed E-state index contributed by atoms with van der Waals surface area (Å²) in [6.45, 7) is 3.62. The van der Waals surface area contributed by atoms with Crippen molar-refractivity contribution in [2.75, 3.05) is 12.9 Å². The molecule has 0 fully saturated rings. The molecule has 0 spiro atoms. The third-order valence-electron chi connectivity index (χ3n) is 3.95. The van der Waals surface area contributed by atoms with E-state index in [1.807, 2.05) is 0 Å². The number of hydrogen-bond donors (Lipinski definition) is 1. The second-order valence-corrected chi connectivity index (χ2v) is 7.27. The standard InChI is InChI=1S/C13H17NO5S/c1-8-4-5-10(20(3,17)18)11(9-6-7-19-14-9)13(8,2)12(15)16/h4-5,8H,6-7H2,1-3H3,(H,15,16). The molecule has 2 aliphatic rings. The molecule has 0 amide bonds. The molecule has 1 aliphatic carbocycles. The highest BCUT2D eigenvalue weighted by molar-refractivity contribution is 7.94. The van der Waals surface area contributed by atoms with Crippen molar-refractivity contribution in [2.45, 2.75) is 20.3 Å². The van der Waals surface area contributed by atoms with Crippen LogP contribution in [-0.4, -0.2) is 38.1 Å². The van der Waals surface area contributed by atoms with Gasteiger partial charge in [0, 0.05) is 18.2 Å². The van der Waals surface area contributed by atoms with E-state index in [9.17, 15) is 18.3 Å². The summed E-state index contributed by atoms with van der Waals surface area (Å²) in [5.74, 6) is -1.41. The van der Waals surface area contributed by atoms with Gasteiger partial charge in [-0.25, -0.2) is 8.42 Å². The first-order valence-electron chi connectivity index (χ1n) is 6.24. The second kappa shape index (κ2) is 4.73. The van der Waals surface area contributed by atoms with Gasteiger partial charge >= 0.3 is 5.97 Å². The number of aliphatic carboxylic acids is 1. The Morgan fingerprint density at radius 3 is 2.65 bits per heavy atom. The minimum atomic E-state index is -3.55. The van der Waals surface area contributed by atoms with Crippen LogP contribution in [0.4, 0.5) is 0 Å². The van der Waals surface area contributed by atoms with Crippen LogP contribution in [-0.2, 0) is 19.5 Å². The van der Waals surface area contributed by atoms with Gasteiger partial charge in [0.1, 0.15) is 6.61 Å². The zero-order valence-corrected chi connectivity index (χ0v) is 12.4. The minimum absolute atomic E-state index is 0.0183. The van der Waals surface area contributed by atoms with Crippen molar-refractivity contribution in [3.63, 3.8) is 0 Å². The number of carboxylic acid groups (broad SMARTS) is 1. The monoisotopic (exact) mass is 299 g/mol. The lowest BCUT2D eigenvalue weighted by atomic mass is 9.67. The lowest BCUT2D eigenvalue weighted by molar-refractivity contribution is -0.147. The molecular weight excluding hydrogens is 282 g/mol. The normalized spacial score (nSPS) is 30.1. The van der Waals surface area contributed by atoms with Gasteiger partial charge in [0.05, 0.1) is 16.0 Å². The summed E-state index contributed by atoms with van der Waals surface area (Å²) in [4.78, 5) is 16.7.